The summed E-state index contributed by atoms with van der Waals surface area (Å²) in [5, 5.41) is 8.55. The second-order valence-corrected chi connectivity index (χ2v) is 5.50. The Bertz CT molecular complexity index is 225. The number of aliphatic carboxylic acids is 1. The second-order valence-electron chi connectivity index (χ2n) is 5.50. The van der Waals surface area contributed by atoms with Crippen LogP contribution in [0.2, 0.25) is 0 Å². The van der Waals surface area contributed by atoms with Crippen LogP contribution in [-0.4, -0.2) is 24.3 Å². The highest BCUT2D eigenvalue weighted by molar-refractivity contribution is 5.67. The van der Waals surface area contributed by atoms with Crippen molar-refractivity contribution in [3.8, 4) is 0 Å². The summed E-state index contributed by atoms with van der Waals surface area (Å²) in [5.41, 5.74) is 0. The maximum Gasteiger partial charge on any atom is 0.329 e. The SMILES string of the molecule is CC1CCC(C(C)C)C(COCC(=O)O)C1. The number of hydrogen-bond donors (Lipinski definition) is 1. The van der Waals surface area contributed by atoms with Crippen LogP contribution in [0.15, 0.2) is 0 Å². The lowest BCUT2D eigenvalue weighted by Gasteiger charge is -2.37. The molecule has 0 aliphatic heterocycles. The molecule has 16 heavy (non-hydrogen) atoms. The highest BCUT2D eigenvalue weighted by Crippen LogP contribution is 2.37. The van der Waals surface area contributed by atoms with E-state index >= 15 is 0 Å². The molecule has 1 rings (SSSR count). The number of rotatable bonds is 5. The molecule has 0 amide bonds. The fourth-order valence-electron chi connectivity index (χ4n) is 2.89. The van der Waals surface area contributed by atoms with E-state index in [0.717, 1.165) is 5.92 Å². The Labute approximate surface area is 98.2 Å². The Balaban J connectivity index is 2.41. The molecule has 0 aromatic carbocycles. The molecule has 0 spiro atoms. The van der Waals surface area contributed by atoms with Gasteiger partial charge in [-0.1, -0.05) is 27.2 Å². The van der Waals surface area contributed by atoms with E-state index in [-0.39, 0.29) is 6.61 Å². The van der Waals surface area contributed by atoms with E-state index in [4.69, 9.17) is 9.84 Å². The molecule has 3 heteroatoms. The van der Waals surface area contributed by atoms with Crippen LogP contribution in [0.3, 0.4) is 0 Å². The van der Waals surface area contributed by atoms with Gasteiger partial charge in [0, 0.05) is 0 Å². The van der Waals surface area contributed by atoms with Gasteiger partial charge in [0.1, 0.15) is 6.61 Å². The van der Waals surface area contributed by atoms with E-state index in [1.165, 1.54) is 19.3 Å². The lowest BCUT2D eigenvalue weighted by atomic mass is 9.70. The fourth-order valence-corrected chi connectivity index (χ4v) is 2.89. The van der Waals surface area contributed by atoms with Crippen molar-refractivity contribution in [1.82, 2.24) is 0 Å². The molecule has 3 unspecified atom stereocenters. The molecule has 1 aliphatic rings. The van der Waals surface area contributed by atoms with Gasteiger partial charge in [-0.15, -0.1) is 0 Å². The molecule has 3 atom stereocenters. The minimum Gasteiger partial charge on any atom is -0.480 e. The predicted octanol–water partition coefficient (Wildman–Crippen LogP) is 2.80. The van der Waals surface area contributed by atoms with Crippen molar-refractivity contribution in [1.29, 1.82) is 0 Å². The van der Waals surface area contributed by atoms with Crippen LogP contribution < -0.4 is 0 Å². The van der Waals surface area contributed by atoms with E-state index in [1.54, 1.807) is 0 Å². The fraction of sp³-hybridized carbons (Fsp3) is 0.923. The van der Waals surface area contributed by atoms with Crippen molar-refractivity contribution in [3.05, 3.63) is 0 Å². The first-order valence-corrected chi connectivity index (χ1v) is 6.30. The summed E-state index contributed by atoms with van der Waals surface area (Å²) in [4.78, 5) is 10.4. The number of carboxylic acids is 1. The van der Waals surface area contributed by atoms with E-state index in [0.29, 0.717) is 24.4 Å². The molecule has 0 aromatic heterocycles. The summed E-state index contributed by atoms with van der Waals surface area (Å²) in [6.45, 7) is 7.24. The van der Waals surface area contributed by atoms with E-state index < -0.39 is 5.97 Å². The van der Waals surface area contributed by atoms with Crippen LogP contribution in [0, 0.1) is 23.7 Å². The van der Waals surface area contributed by atoms with E-state index in [9.17, 15) is 4.79 Å². The average Bonchev–Trinajstić information content (AvgIpc) is 2.16. The lowest BCUT2D eigenvalue weighted by Crippen LogP contribution is -2.31. The van der Waals surface area contributed by atoms with Crippen molar-refractivity contribution in [2.75, 3.05) is 13.2 Å². The molecule has 3 nitrogen and oxygen atoms in total. The van der Waals surface area contributed by atoms with Gasteiger partial charge in [0.2, 0.25) is 0 Å². The third-order valence-corrected chi connectivity index (χ3v) is 3.72. The van der Waals surface area contributed by atoms with Crippen LogP contribution >= 0.6 is 0 Å². The smallest absolute Gasteiger partial charge is 0.329 e. The monoisotopic (exact) mass is 228 g/mol. The Morgan fingerprint density at radius 1 is 1.44 bits per heavy atom. The first kappa shape index (κ1) is 13.5. The molecule has 94 valence electrons. The average molecular weight is 228 g/mol. The van der Waals surface area contributed by atoms with Gasteiger partial charge in [-0.2, -0.15) is 0 Å². The van der Waals surface area contributed by atoms with Crippen molar-refractivity contribution in [3.63, 3.8) is 0 Å². The number of hydrogen-bond acceptors (Lipinski definition) is 2. The van der Waals surface area contributed by atoms with Crippen molar-refractivity contribution in [2.45, 2.75) is 40.0 Å². The quantitative estimate of drug-likeness (QED) is 0.787. The normalized spacial score (nSPS) is 30.6. The minimum atomic E-state index is -0.870. The third-order valence-electron chi connectivity index (χ3n) is 3.72. The molecule has 1 fully saturated rings. The maximum atomic E-state index is 10.4. The summed E-state index contributed by atoms with van der Waals surface area (Å²) in [6, 6.07) is 0. The summed E-state index contributed by atoms with van der Waals surface area (Å²) in [7, 11) is 0. The zero-order valence-electron chi connectivity index (χ0n) is 10.6. The maximum absolute atomic E-state index is 10.4. The van der Waals surface area contributed by atoms with Crippen LogP contribution in [-0.2, 0) is 9.53 Å². The van der Waals surface area contributed by atoms with Gasteiger partial charge < -0.3 is 9.84 Å². The summed E-state index contributed by atoms with van der Waals surface area (Å²) in [5.74, 6) is 1.80. The van der Waals surface area contributed by atoms with Gasteiger partial charge in [-0.25, -0.2) is 4.79 Å². The Kier molecular flexibility index (Phi) is 5.26. The Hall–Kier alpha value is -0.570. The van der Waals surface area contributed by atoms with E-state index in [2.05, 4.69) is 20.8 Å². The molecule has 0 bridgehead atoms. The molecular weight excluding hydrogens is 204 g/mol. The van der Waals surface area contributed by atoms with E-state index in [1.807, 2.05) is 0 Å². The Morgan fingerprint density at radius 3 is 2.69 bits per heavy atom. The molecule has 0 aromatic rings. The van der Waals surface area contributed by atoms with Crippen molar-refractivity contribution in [2.24, 2.45) is 23.7 Å². The molecule has 1 aliphatic carbocycles. The van der Waals surface area contributed by atoms with Gasteiger partial charge in [0.25, 0.3) is 0 Å². The van der Waals surface area contributed by atoms with Crippen LogP contribution in [0.5, 0.6) is 0 Å². The van der Waals surface area contributed by atoms with Crippen LogP contribution in [0.25, 0.3) is 0 Å². The Morgan fingerprint density at radius 2 is 2.12 bits per heavy atom. The zero-order valence-corrected chi connectivity index (χ0v) is 10.6. The summed E-state index contributed by atoms with van der Waals surface area (Å²) < 4.78 is 5.26. The predicted molar refractivity (Wildman–Crippen MR) is 63.3 cm³/mol. The minimum absolute atomic E-state index is 0.157. The van der Waals surface area contributed by atoms with Crippen molar-refractivity contribution >= 4 is 5.97 Å². The molecule has 1 saturated carbocycles. The van der Waals surface area contributed by atoms with Gasteiger partial charge in [-0.3, -0.25) is 0 Å². The van der Waals surface area contributed by atoms with Crippen molar-refractivity contribution < 1.29 is 14.6 Å². The topological polar surface area (TPSA) is 46.5 Å². The van der Waals surface area contributed by atoms with Gasteiger partial charge >= 0.3 is 5.97 Å². The third kappa shape index (κ3) is 4.12. The molecule has 0 radical (unpaired) electrons. The molecule has 0 saturated heterocycles. The summed E-state index contributed by atoms with van der Waals surface area (Å²) >= 11 is 0. The molecule has 0 heterocycles. The standard InChI is InChI=1S/C13H24O3/c1-9(2)12-5-4-10(3)6-11(12)7-16-8-13(14)15/h9-12H,4-8H2,1-3H3,(H,14,15). The zero-order chi connectivity index (χ0) is 12.1. The molecule has 1 N–H and O–H groups in total. The van der Waals surface area contributed by atoms with Gasteiger partial charge in [-0.05, 0) is 36.5 Å². The first-order valence-electron chi connectivity index (χ1n) is 6.30. The second kappa shape index (κ2) is 6.24. The number of carboxylic acid groups (broad SMARTS) is 1. The highest BCUT2D eigenvalue weighted by atomic mass is 16.5. The number of ether oxygens (including phenoxy) is 1. The van der Waals surface area contributed by atoms with Gasteiger partial charge in [0.15, 0.2) is 0 Å². The largest absolute Gasteiger partial charge is 0.480 e. The molecular formula is C13H24O3. The lowest BCUT2D eigenvalue weighted by molar-refractivity contribution is -0.143. The number of carbonyl (C=O) groups is 1. The highest BCUT2D eigenvalue weighted by Gasteiger charge is 2.30. The first-order chi connectivity index (χ1) is 7.50. The van der Waals surface area contributed by atoms with Crippen LogP contribution in [0.4, 0.5) is 0 Å². The van der Waals surface area contributed by atoms with Gasteiger partial charge in [0.05, 0.1) is 6.61 Å². The van der Waals surface area contributed by atoms with Crippen LogP contribution in [0.1, 0.15) is 40.0 Å². The summed E-state index contributed by atoms with van der Waals surface area (Å²) in [6.07, 6.45) is 3.75.